The summed E-state index contributed by atoms with van der Waals surface area (Å²) >= 11 is 0. The molecule has 0 atom stereocenters. The third-order valence-electron chi connectivity index (χ3n) is 5.92. The topological polar surface area (TPSA) is 132 Å². The molecule has 0 saturated carbocycles. The lowest BCUT2D eigenvalue weighted by Gasteiger charge is -2.26. The van der Waals surface area contributed by atoms with Gasteiger partial charge in [-0.05, 0) is 48.5 Å². The highest BCUT2D eigenvalue weighted by Crippen LogP contribution is 2.33. The van der Waals surface area contributed by atoms with Crippen LogP contribution in [0.5, 0.6) is 17.2 Å². The number of sulfonamides is 2. The molecule has 0 aromatic heterocycles. The number of ether oxygens (including phenoxy) is 3. The van der Waals surface area contributed by atoms with E-state index in [0.29, 0.717) is 37.8 Å². The lowest BCUT2D eigenvalue weighted by molar-refractivity contribution is -0.119. The maximum Gasteiger partial charge on any atom is 0.243 e. The van der Waals surface area contributed by atoms with Gasteiger partial charge in [0.15, 0.2) is 5.75 Å². The lowest BCUT2D eigenvalue weighted by atomic mass is 10.3. The van der Waals surface area contributed by atoms with Crippen LogP contribution in [-0.2, 0) is 29.6 Å². The molecule has 4 rings (SSSR count). The Hall–Kier alpha value is -3.65. The summed E-state index contributed by atoms with van der Waals surface area (Å²) in [5, 5.41) is 2.65. The fourth-order valence-electron chi connectivity index (χ4n) is 3.94. The predicted molar refractivity (Wildman–Crippen MR) is 150 cm³/mol. The summed E-state index contributed by atoms with van der Waals surface area (Å²) in [6.07, 6.45) is 1.02. The number of morpholine rings is 1. The zero-order valence-corrected chi connectivity index (χ0v) is 23.6. The number of hydrogen-bond acceptors (Lipinski definition) is 8. The molecule has 1 N–H and O–H groups in total. The highest BCUT2D eigenvalue weighted by Gasteiger charge is 2.26. The maximum absolute atomic E-state index is 12.7. The van der Waals surface area contributed by atoms with Crippen molar-refractivity contribution in [1.82, 2.24) is 9.62 Å². The standard InChI is InChI=1S/C27H31N3O8S2/c1-39(32,33)30(25-9-5-6-10-26(25)38-23-7-3-2-4-8-23)21-27(31)28-15-18-37-22-11-13-24(14-12-22)40(34,35)29-16-19-36-20-17-29/h2-14H,15-21H2,1H3,(H,28,31). The highest BCUT2D eigenvalue weighted by molar-refractivity contribution is 7.92. The summed E-state index contributed by atoms with van der Waals surface area (Å²) < 4.78 is 69.7. The Balaban J connectivity index is 1.32. The number of benzene rings is 3. The van der Waals surface area contributed by atoms with Gasteiger partial charge in [-0.15, -0.1) is 0 Å². The van der Waals surface area contributed by atoms with Crippen LogP contribution in [0, 0.1) is 0 Å². The van der Waals surface area contributed by atoms with Crippen molar-refractivity contribution in [2.24, 2.45) is 0 Å². The van der Waals surface area contributed by atoms with Crippen molar-refractivity contribution in [3.8, 4) is 17.2 Å². The number of nitrogens with one attached hydrogen (secondary N) is 1. The quantitative estimate of drug-likeness (QED) is 0.319. The minimum absolute atomic E-state index is 0.0912. The molecule has 11 nitrogen and oxygen atoms in total. The van der Waals surface area contributed by atoms with Crippen LogP contribution in [-0.4, -0.2) is 79.3 Å². The van der Waals surface area contributed by atoms with Crippen molar-refractivity contribution in [2.75, 3.05) is 56.6 Å². The van der Waals surface area contributed by atoms with E-state index in [-0.39, 0.29) is 29.5 Å². The molecule has 0 radical (unpaired) electrons. The first kappa shape index (κ1) is 29.3. The molecule has 1 aliphatic heterocycles. The van der Waals surface area contributed by atoms with Crippen LogP contribution in [0.2, 0.25) is 0 Å². The van der Waals surface area contributed by atoms with Crippen LogP contribution in [0.1, 0.15) is 0 Å². The molecule has 3 aromatic carbocycles. The first-order valence-corrected chi connectivity index (χ1v) is 15.8. The van der Waals surface area contributed by atoms with Gasteiger partial charge in [0.25, 0.3) is 0 Å². The average Bonchev–Trinajstić information content (AvgIpc) is 2.95. The van der Waals surface area contributed by atoms with Crippen molar-refractivity contribution in [3.63, 3.8) is 0 Å². The van der Waals surface area contributed by atoms with E-state index in [2.05, 4.69) is 5.32 Å². The molecule has 214 valence electrons. The molecule has 1 amide bonds. The van der Waals surface area contributed by atoms with Gasteiger partial charge in [-0.1, -0.05) is 30.3 Å². The number of rotatable bonds is 12. The summed E-state index contributed by atoms with van der Waals surface area (Å²) in [5.74, 6) is 0.710. The number of carbonyl (C=O) groups is 1. The Labute approximate surface area is 234 Å². The van der Waals surface area contributed by atoms with Gasteiger partial charge >= 0.3 is 0 Å². The van der Waals surface area contributed by atoms with Crippen LogP contribution in [0.3, 0.4) is 0 Å². The van der Waals surface area contributed by atoms with Gasteiger partial charge < -0.3 is 19.5 Å². The minimum Gasteiger partial charge on any atom is -0.492 e. The van der Waals surface area contributed by atoms with Crippen LogP contribution in [0.15, 0.2) is 83.8 Å². The summed E-state index contributed by atoms with van der Waals surface area (Å²) in [4.78, 5) is 12.8. The largest absolute Gasteiger partial charge is 0.492 e. The molecule has 1 aliphatic rings. The van der Waals surface area contributed by atoms with Gasteiger partial charge in [-0.3, -0.25) is 9.10 Å². The number of para-hydroxylation sites is 3. The molecule has 1 heterocycles. The molecule has 0 aliphatic carbocycles. The van der Waals surface area contributed by atoms with E-state index >= 15 is 0 Å². The number of hydrogen-bond donors (Lipinski definition) is 1. The molecule has 1 fully saturated rings. The smallest absolute Gasteiger partial charge is 0.243 e. The average molecular weight is 590 g/mol. The van der Waals surface area contributed by atoms with E-state index < -0.39 is 32.5 Å². The molecule has 3 aromatic rings. The van der Waals surface area contributed by atoms with Gasteiger partial charge in [0.1, 0.15) is 24.7 Å². The summed E-state index contributed by atoms with van der Waals surface area (Å²) in [6.45, 7) is 1.08. The van der Waals surface area contributed by atoms with E-state index in [9.17, 15) is 21.6 Å². The van der Waals surface area contributed by atoms with Crippen molar-refractivity contribution in [1.29, 1.82) is 0 Å². The Morgan fingerprint density at radius 3 is 2.23 bits per heavy atom. The normalized spacial score (nSPS) is 14.3. The molecule has 0 unspecified atom stereocenters. The molecular formula is C27H31N3O8S2. The fraction of sp³-hybridized carbons (Fsp3) is 0.296. The molecular weight excluding hydrogens is 558 g/mol. The summed E-state index contributed by atoms with van der Waals surface area (Å²) in [6, 6.07) is 21.5. The van der Waals surface area contributed by atoms with Gasteiger partial charge in [0.2, 0.25) is 26.0 Å². The number of amides is 1. The van der Waals surface area contributed by atoms with Gasteiger partial charge in [-0.25, -0.2) is 16.8 Å². The van der Waals surface area contributed by atoms with Crippen molar-refractivity contribution < 1.29 is 35.8 Å². The van der Waals surface area contributed by atoms with Crippen molar-refractivity contribution in [2.45, 2.75) is 4.90 Å². The first-order valence-electron chi connectivity index (χ1n) is 12.5. The van der Waals surface area contributed by atoms with Gasteiger partial charge in [0.05, 0.1) is 36.6 Å². The Morgan fingerprint density at radius 2 is 1.55 bits per heavy atom. The number of carbonyl (C=O) groups excluding carboxylic acids is 1. The minimum atomic E-state index is -3.82. The van der Waals surface area contributed by atoms with E-state index in [1.54, 1.807) is 60.7 Å². The van der Waals surface area contributed by atoms with E-state index in [0.717, 1.165) is 10.6 Å². The van der Waals surface area contributed by atoms with Gasteiger partial charge in [0, 0.05) is 13.1 Å². The molecule has 1 saturated heterocycles. The number of anilines is 1. The number of nitrogens with zero attached hydrogens (tertiary/aromatic N) is 2. The lowest BCUT2D eigenvalue weighted by Crippen LogP contribution is -2.41. The second-order valence-electron chi connectivity index (χ2n) is 8.84. The third kappa shape index (κ3) is 7.72. The van der Waals surface area contributed by atoms with E-state index in [4.69, 9.17) is 14.2 Å². The van der Waals surface area contributed by atoms with Gasteiger partial charge in [-0.2, -0.15) is 4.31 Å². The third-order valence-corrected chi connectivity index (χ3v) is 8.96. The Morgan fingerprint density at radius 1 is 0.900 bits per heavy atom. The monoisotopic (exact) mass is 589 g/mol. The van der Waals surface area contributed by atoms with Crippen LogP contribution < -0.4 is 19.1 Å². The zero-order valence-electron chi connectivity index (χ0n) is 21.9. The van der Waals surface area contributed by atoms with Crippen LogP contribution in [0.25, 0.3) is 0 Å². The maximum atomic E-state index is 12.7. The summed E-state index contributed by atoms with van der Waals surface area (Å²) in [5.41, 5.74) is 0.229. The first-order chi connectivity index (χ1) is 19.1. The SMILES string of the molecule is CS(=O)(=O)N(CC(=O)NCCOc1ccc(S(=O)(=O)N2CCOCC2)cc1)c1ccccc1Oc1ccccc1. The highest BCUT2D eigenvalue weighted by atomic mass is 32.2. The molecule has 13 heteroatoms. The fourth-order valence-corrected chi connectivity index (χ4v) is 6.20. The molecule has 0 spiro atoms. The van der Waals surface area contributed by atoms with E-state index in [1.807, 2.05) is 6.07 Å². The van der Waals surface area contributed by atoms with E-state index in [1.165, 1.54) is 16.4 Å². The summed E-state index contributed by atoms with van der Waals surface area (Å²) in [7, 11) is -7.43. The molecule has 40 heavy (non-hydrogen) atoms. The predicted octanol–water partition coefficient (Wildman–Crippen LogP) is 2.46. The molecule has 0 bridgehead atoms. The second kappa shape index (κ2) is 13.1. The second-order valence-corrected chi connectivity index (χ2v) is 12.7. The Bertz CT molecular complexity index is 1490. The van der Waals surface area contributed by atoms with Crippen LogP contribution in [0.4, 0.5) is 5.69 Å². The Kier molecular flexibility index (Phi) is 9.63. The van der Waals surface area contributed by atoms with Crippen LogP contribution >= 0.6 is 0 Å². The zero-order chi connectivity index (χ0) is 28.6. The van der Waals surface area contributed by atoms with Crippen molar-refractivity contribution in [3.05, 3.63) is 78.9 Å². The van der Waals surface area contributed by atoms with Crippen molar-refractivity contribution >= 4 is 31.6 Å².